The van der Waals surface area contributed by atoms with Crippen LogP contribution >= 0.6 is 11.6 Å². The Morgan fingerprint density at radius 3 is 2.63 bits per heavy atom. The molecule has 2 aromatic carbocycles. The van der Waals surface area contributed by atoms with Crippen LogP contribution in [0.2, 0.25) is 5.02 Å². The number of rotatable bonds is 6. The van der Waals surface area contributed by atoms with Crippen LogP contribution in [-0.2, 0) is 10.2 Å². The molecular formula is C23H27ClN2O. The molecule has 3 nitrogen and oxygen atoms in total. The van der Waals surface area contributed by atoms with Gasteiger partial charge in [-0.2, -0.15) is 0 Å². The summed E-state index contributed by atoms with van der Waals surface area (Å²) in [5.74, 6) is 1.17. The molecule has 142 valence electrons. The van der Waals surface area contributed by atoms with Crippen LogP contribution in [0, 0.1) is 5.92 Å². The van der Waals surface area contributed by atoms with E-state index in [1.807, 2.05) is 18.2 Å². The summed E-state index contributed by atoms with van der Waals surface area (Å²) in [5, 5.41) is 0.761. The first-order chi connectivity index (χ1) is 12.8. The highest BCUT2D eigenvalue weighted by Gasteiger charge is 2.21. The van der Waals surface area contributed by atoms with E-state index in [2.05, 4.69) is 63.0 Å². The van der Waals surface area contributed by atoms with Gasteiger partial charge in [0, 0.05) is 17.5 Å². The summed E-state index contributed by atoms with van der Waals surface area (Å²) in [6.45, 7) is 9.38. The average Bonchev–Trinajstić information content (AvgIpc) is 3.02. The SMILES string of the molecule is COCC(C)(C)c1ccc2nc(/C=C(/c3ccccc3Cl)C(C)C)[nH]c2c1. The summed E-state index contributed by atoms with van der Waals surface area (Å²) >= 11 is 6.43. The lowest BCUT2D eigenvalue weighted by Crippen LogP contribution is -2.23. The van der Waals surface area contributed by atoms with Gasteiger partial charge in [0.25, 0.3) is 0 Å². The van der Waals surface area contributed by atoms with E-state index in [1.165, 1.54) is 11.1 Å². The van der Waals surface area contributed by atoms with Crippen molar-refractivity contribution in [3.63, 3.8) is 0 Å². The average molecular weight is 383 g/mol. The first kappa shape index (κ1) is 19.7. The number of ether oxygens (including phenoxy) is 1. The molecular weight excluding hydrogens is 356 g/mol. The van der Waals surface area contributed by atoms with Crippen molar-refractivity contribution in [1.29, 1.82) is 0 Å². The maximum Gasteiger partial charge on any atom is 0.131 e. The Kier molecular flexibility index (Phi) is 5.73. The smallest absolute Gasteiger partial charge is 0.131 e. The van der Waals surface area contributed by atoms with Gasteiger partial charge in [0.1, 0.15) is 5.82 Å². The molecule has 0 aliphatic carbocycles. The number of nitrogens with one attached hydrogen (secondary N) is 1. The van der Waals surface area contributed by atoms with Crippen LogP contribution in [-0.4, -0.2) is 23.7 Å². The molecule has 0 fully saturated rings. The molecule has 0 saturated heterocycles. The molecule has 1 aromatic heterocycles. The lowest BCUT2D eigenvalue weighted by molar-refractivity contribution is 0.147. The first-order valence-corrected chi connectivity index (χ1v) is 9.65. The van der Waals surface area contributed by atoms with E-state index in [1.54, 1.807) is 7.11 Å². The molecule has 3 aromatic rings. The monoisotopic (exact) mass is 382 g/mol. The van der Waals surface area contributed by atoms with Gasteiger partial charge in [0.05, 0.1) is 17.6 Å². The molecule has 4 heteroatoms. The Hall–Kier alpha value is -2.10. The third-order valence-electron chi connectivity index (χ3n) is 4.89. The second-order valence-electron chi connectivity index (χ2n) is 7.91. The molecule has 0 bridgehead atoms. The van der Waals surface area contributed by atoms with Gasteiger partial charge in [0.2, 0.25) is 0 Å². The predicted molar refractivity (Wildman–Crippen MR) is 115 cm³/mol. The van der Waals surface area contributed by atoms with E-state index < -0.39 is 0 Å². The largest absolute Gasteiger partial charge is 0.384 e. The van der Waals surface area contributed by atoms with Crippen molar-refractivity contribution >= 4 is 34.3 Å². The van der Waals surface area contributed by atoms with Crippen LogP contribution < -0.4 is 0 Å². The van der Waals surface area contributed by atoms with Crippen LogP contribution in [0.5, 0.6) is 0 Å². The van der Waals surface area contributed by atoms with Crippen molar-refractivity contribution in [2.45, 2.75) is 33.1 Å². The molecule has 1 heterocycles. The Labute approximate surface area is 166 Å². The Bertz CT molecular complexity index is 969. The van der Waals surface area contributed by atoms with E-state index in [0.29, 0.717) is 12.5 Å². The number of methoxy groups -OCH3 is 1. The minimum atomic E-state index is -0.0509. The van der Waals surface area contributed by atoms with Crippen molar-refractivity contribution < 1.29 is 4.74 Å². The number of imidazole rings is 1. The van der Waals surface area contributed by atoms with Gasteiger partial charge in [-0.15, -0.1) is 0 Å². The van der Waals surface area contributed by atoms with E-state index in [4.69, 9.17) is 21.3 Å². The number of allylic oxidation sites excluding steroid dienone is 1. The third kappa shape index (κ3) is 4.26. The summed E-state index contributed by atoms with van der Waals surface area (Å²) in [5.41, 5.74) is 5.39. The third-order valence-corrected chi connectivity index (χ3v) is 5.22. The zero-order valence-electron chi connectivity index (χ0n) is 16.6. The van der Waals surface area contributed by atoms with Gasteiger partial charge in [0.15, 0.2) is 0 Å². The number of halogens is 1. The molecule has 0 radical (unpaired) electrons. The predicted octanol–water partition coefficient (Wildman–Crippen LogP) is 6.34. The lowest BCUT2D eigenvalue weighted by atomic mass is 9.85. The fraction of sp³-hybridized carbons (Fsp3) is 0.348. The molecule has 0 unspecified atom stereocenters. The quantitative estimate of drug-likeness (QED) is 0.540. The van der Waals surface area contributed by atoms with E-state index in [-0.39, 0.29) is 5.41 Å². The second-order valence-corrected chi connectivity index (χ2v) is 8.31. The second kappa shape index (κ2) is 7.87. The van der Waals surface area contributed by atoms with Crippen molar-refractivity contribution in [3.8, 4) is 0 Å². The zero-order valence-corrected chi connectivity index (χ0v) is 17.4. The summed E-state index contributed by atoms with van der Waals surface area (Å²) in [7, 11) is 1.74. The van der Waals surface area contributed by atoms with Crippen molar-refractivity contribution in [3.05, 3.63) is 64.4 Å². The number of H-pyrrole nitrogens is 1. The molecule has 0 atom stereocenters. The van der Waals surface area contributed by atoms with Crippen LogP contribution in [0.15, 0.2) is 42.5 Å². The number of hydrogen-bond donors (Lipinski definition) is 1. The molecule has 0 saturated carbocycles. The van der Waals surface area contributed by atoms with E-state index in [0.717, 1.165) is 27.4 Å². The molecule has 27 heavy (non-hydrogen) atoms. The van der Waals surface area contributed by atoms with Gasteiger partial charge < -0.3 is 9.72 Å². The van der Waals surface area contributed by atoms with Crippen LogP contribution in [0.4, 0.5) is 0 Å². The summed E-state index contributed by atoms with van der Waals surface area (Å²) in [6, 6.07) is 14.3. The Morgan fingerprint density at radius 1 is 1.22 bits per heavy atom. The van der Waals surface area contributed by atoms with Gasteiger partial charge in [-0.3, -0.25) is 0 Å². The number of fused-ring (bicyclic) bond motifs is 1. The maximum absolute atomic E-state index is 6.43. The molecule has 0 spiro atoms. The van der Waals surface area contributed by atoms with Crippen LogP contribution in [0.25, 0.3) is 22.7 Å². The fourth-order valence-corrected chi connectivity index (χ4v) is 3.61. The lowest BCUT2D eigenvalue weighted by Gasteiger charge is -2.24. The maximum atomic E-state index is 6.43. The number of aromatic amines is 1. The van der Waals surface area contributed by atoms with E-state index in [9.17, 15) is 0 Å². The summed E-state index contributed by atoms with van der Waals surface area (Å²) < 4.78 is 5.37. The highest BCUT2D eigenvalue weighted by atomic mass is 35.5. The number of aromatic nitrogens is 2. The molecule has 1 N–H and O–H groups in total. The Morgan fingerprint density at radius 2 is 1.96 bits per heavy atom. The van der Waals surface area contributed by atoms with Crippen molar-refractivity contribution in [1.82, 2.24) is 9.97 Å². The van der Waals surface area contributed by atoms with Crippen molar-refractivity contribution in [2.24, 2.45) is 5.92 Å². The Balaban J connectivity index is 2.03. The molecule has 0 amide bonds. The van der Waals surface area contributed by atoms with Gasteiger partial charge in [-0.05, 0) is 46.9 Å². The number of benzene rings is 2. The van der Waals surface area contributed by atoms with Gasteiger partial charge >= 0.3 is 0 Å². The molecule has 0 aliphatic heterocycles. The highest BCUT2D eigenvalue weighted by Crippen LogP contribution is 2.31. The van der Waals surface area contributed by atoms with Gasteiger partial charge in [-0.1, -0.05) is 63.6 Å². The van der Waals surface area contributed by atoms with Gasteiger partial charge in [-0.25, -0.2) is 4.98 Å². The first-order valence-electron chi connectivity index (χ1n) is 9.27. The van der Waals surface area contributed by atoms with E-state index >= 15 is 0 Å². The number of hydrogen-bond acceptors (Lipinski definition) is 2. The summed E-state index contributed by atoms with van der Waals surface area (Å²) in [4.78, 5) is 8.21. The van der Waals surface area contributed by atoms with Crippen LogP contribution in [0.1, 0.15) is 44.6 Å². The standard InChI is InChI=1S/C23H27ClN2O/c1-15(2)18(17-8-6-7-9-19(17)24)13-22-25-20-11-10-16(12-21(20)26-22)23(3,4)14-27-5/h6-13,15H,14H2,1-5H3,(H,25,26)/b18-13+. The molecule has 3 rings (SSSR count). The fourth-order valence-electron chi connectivity index (χ4n) is 3.36. The highest BCUT2D eigenvalue weighted by molar-refractivity contribution is 6.32. The normalized spacial score (nSPS) is 12.9. The zero-order chi connectivity index (χ0) is 19.6. The topological polar surface area (TPSA) is 37.9 Å². The minimum Gasteiger partial charge on any atom is -0.384 e. The molecule has 0 aliphatic rings. The minimum absolute atomic E-state index is 0.0509. The number of nitrogens with zero attached hydrogens (tertiary/aromatic N) is 1. The summed E-state index contributed by atoms with van der Waals surface area (Å²) in [6.07, 6.45) is 2.10. The van der Waals surface area contributed by atoms with Crippen LogP contribution in [0.3, 0.4) is 0 Å². The van der Waals surface area contributed by atoms with Crippen molar-refractivity contribution in [2.75, 3.05) is 13.7 Å².